The first-order valence-electron chi connectivity index (χ1n) is 5.55. The third-order valence-electron chi connectivity index (χ3n) is 2.43. The molecule has 2 heterocycles. The fourth-order valence-corrected chi connectivity index (χ4v) is 1.52. The van der Waals surface area contributed by atoms with Crippen LogP contribution in [0.15, 0.2) is 43.4 Å². The minimum Gasteiger partial charge on any atom is -0.349 e. The number of carbonyl (C=O) groups excluding carboxylic acids is 1. The van der Waals surface area contributed by atoms with E-state index in [0.717, 1.165) is 11.3 Å². The third-order valence-corrected chi connectivity index (χ3v) is 2.43. The molecule has 5 heteroatoms. The lowest BCUT2D eigenvalue weighted by Gasteiger charge is -2.02. The minimum atomic E-state index is -0.153. The number of rotatable bonds is 4. The highest BCUT2D eigenvalue weighted by Gasteiger charge is 2.06. The Kier molecular flexibility index (Phi) is 3.52. The second-order valence-electron chi connectivity index (χ2n) is 3.83. The highest BCUT2D eigenvalue weighted by Crippen LogP contribution is 2.15. The van der Waals surface area contributed by atoms with Gasteiger partial charge >= 0.3 is 0 Å². The molecule has 0 saturated carbocycles. The van der Waals surface area contributed by atoms with Gasteiger partial charge in [-0.25, -0.2) is 0 Å². The molecule has 18 heavy (non-hydrogen) atoms. The SMILES string of the molecule is C=CCNC(=O)c1ccc(-c2cnn(C)c2)nc1. The van der Waals surface area contributed by atoms with Gasteiger partial charge in [0.1, 0.15) is 0 Å². The lowest BCUT2D eigenvalue weighted by Crippen LogP contribution is -2.23. The van der Waals surface area contributed by atoms with Crippen molar-refractivity contribution in [3.05, 3.63) is 48.9 Å². The summed E-state index contributed by atoms with van der Waals surface area (Å²) in [7, 11) is 1.85. The Morgan fingerprint density at radius 2 is 2.33 bits per heavy atom. The van der Waals surface area contributed by atoms with E-state index < -0.39 is 0 Å². The predicted octanol–water partition coefficient (Wildman–Crippen LogP) is 1.40. The number of carbonyl (C=O) groups is 1. The molecule has 92 valence electrons. The Balaban J connectivity index is 2.15. The van der Waals surface area contributed by atoms with Crippen LogP contribution in [0.25, 0.3) is 11.3 Å². The topological polar surface area (TPSA) is 59.8 Å². The summed E-state index contributed by atoms with van der Waals surface area (Å²) < 4.78 is 1.71. The van der Waals surface area contributed by atoms with Gasteiger partial charge in [-0.1, -0.05) is 6.08 Å². The predicted molar refractivity (Wildman–Crippen MR) is 69.0 cm³/mol. The fraction of sp³-hybridized carbons (Fsp3) is 0.154. The van der Waals surface area contributed by atoms with Crippen molar-refractivity contribution in [3.8, 4) is 11.3 Å². The van der Waals surface area contributed by atoms with Gasteiger partial charge in [-0.3, -0.25) is 14.5 Å². The van der Waals surface area contributed by atoms with Crippen LogP contribution in [0.3, 0.4) is 0 Å². The molecule has 2 aromatic heterocycles. The number of nitrogens with zero attached hydrogens (tertiary/aromatic N) is 3. The van der Waals surface area contributed by atoms with Crippen LogP contribution in [0, 0.1) is 0 Å². The van der Waals surface area contributed by atoms with E-state index in [4.69, 9.17) is 0 Å². The summed E-state index contributed by atoms with van der Waals surface area (Å²) in [4.78, 5) is 15.9. The Bertz CT molecular complexity index is 557. The van der Waals surface area contributed by atoms with Gasteiger partial charge < -0.3 is 5.32 Å². The van der Waals surface area contributed by atoms with Gasteiger partial charge in [-0.05, 0) is 12.1 Å². The number of nitrogens with one attached hydrogen (secondary N) is 1. The maximum Gasteiger partial charge on any atom is 0.253 e. The van der Waals surface area contributed by atoms with Crippen molar-refractivity contribution in [2.45, 2.75) is 0 Å². The average molecular weight is 242 g/mol. The van der Waals surface area contributed by atoms with Gasteiger partial charge in [0.2, 0.25) is 0 Å². The van der Waals surface area contributed by atoms with E-state index in [1.165, 1.54) is 0 Å². The number of hydrogen-bond donors (Lipinski definition) is 1. The Morgan fingerprint density at radius 1 is 1.50 bits per heavy atom. The normalized spacial score (nSPS) is 10.1. The van der Waals surface area contributed by atoms with Crippen molar-refractivity contribution < 1.29 is 4.79 Å². The Hall–Kier alpha value is -2.43. The van der Waals surface area contributed by atoms with Crippen LogP contribution in [0.5, 0.6) is 0 Å². The first-order chi connectivity index (χ1) is 8.70. The summed E-state index contributed by atoms with van der Waals surface area (Å²) in [6.07, 6.45) is 6.80. The van der Waals surface area contributed by atoms with Gasteiger partial charge in [-0.2, -0.15) is 5.10 Å². The molecule has 0 aliphatic heterocycles. The first kappa shape index (κ1) is 12.0. The van der Waals surface area contributed by atoms with Crippen molar-refractivity contribution in [1.82, 2.24) is 20.1 Å². The van der Waals surface area contributed by atoms with Crippen LogP contribution in [-0.2, 0) is 7.05 Å². The quantitative estimate of drug-likeness (QED) is 0.824. The Labute approximate surface area is 105 Å². The largest absolute Gasteiger partial charge is 0.349 e. The molecular weight excluding hydrogens is 228 g/mol. The summed E-state index contributed by atoms with van der Waals surface area (Å²) in [5, 5.41) is 6.78. The smallest absolute Gasteiger partial charge is 0.253 e. The van der Waals surface area contributed by atoms with Crippen molar-refractivity contribution in [2.75, 3.05) is 6.54 Å². The molecule has 1 N–H and O–H groups in total. The molecular formula is C13H14N4O. The lowest BCUT2D eigenvalue weighted by atomic mass is 10.2. The van der Waals surface area contributed by atoms with Crippen LogP contribution < -0.4 is 5.32 Å². The Morgan fingerprint density at radius 3 is 2.89 bits per heavy atom. The van der Waals surface area contributed by atoms with Crippen molar-refractivity contribution in [1.29, 1.82) is 0 Å². The van der Waals surface area contributed by atoms with E-state index in [1.54, 1.807) is 35.3 Å². The van der Waals surface area contributed by atoms with Gasteiger partial charge in [0, 0.05) is 31.5 Å². The second kappa shape index (κ2) is 5.27. The van der Waals surface area contributed by atoms with E-state index in [9.17, 15) is 4.79 Å². The molecule has 0 radical (unpaired) electrons. The number of pyridine rings is 1. The molecule has 1 amide bonds. The molecule has 2 aromatic rings. The summed E-state index contributed by atoms with van der Waals surface area (Å²) in [6, 6.07) is 3.55. The number of amides is 1. The zero-order valence-electron chi connectivity index (χ0n) is 10.1. The number of aryl methyl sites for hydroxylation is 1. The van der Waals surface area contributed by atoms with Crippen LogP contribution in [-0.4, -0.2) is 27.2 Å². The van der Waals surface area contributed by atoms with E-state index in [1.807, 2.05) is 13.2 Å². The molecule has 0 unspecified atom stereocenters. The average Bonchev–Trinajstić information content (AvgIpc) is 2.83. The van der Waals surface area contributed by atoms with Gasteiger partial charge in [0.15, 0.2) is 0 Å². The zero-order valence-corrected chi connectivity index (χ0v) is 10.1. The summed E-state index contributed by atoms with van der Waals surface area (Å²) in [5.41, 5.74) is 2.25. The van der Waals surface area contributed by atoms with Gasteiger partial charge in [-0.15, -0.1) is 6.58 Å². The van der Waals surface area contributed by atoms with Gasteiger partial charge in [0.05, 0.1) is 17.5 Å². The molecule has 0 bridgehead atoms. The molecule has 2 rings (SSSR count). The monoisotopic (exact) mass is 242 g/mol. The van der Waals surface area contributed by atoms with E-state index >= 15 is 0 Å². The highest BCUT2D eigenvalue weighted by atomic mass is 16.1. The zero-order chi connectivity index (χ0) is 13.0. The highest BCUT2D eigenvalue weighted by molar-refractivity contribution is 5.94. The van der Waals surface area contributed by atoms with Crippen LogP contribution in [0.2, 0.25) is 0 Å². The van der Waals surface area contributed by atoms with E-state index in [0.29, 0.717) is 12.1 Å². The number of hydrogen-bond acceptors (Lipinski definition) is 3. The molecule has 0 saturated heterocycles. The van der Waals surface area contributed by atoms with Gasteiger partial charge in [0.25, 0.3) is 5.91 Å². The van der Waals surface area contributed by atoms with Crippen LogP contribution >= 0.6 is 0 Å². The summed E-state index contributed by atoms with van der Waals surface area (Å²) >= 11 is 0. The van der Waals surface area contributed by atoms with E-state index in [-0.39, 0.29) is 5.91 Å². The standard InChI is InChI=1S/C13H14N4O/c1-3-6-14-13(18)10-4-5-12(15-7-10)11-8-16-17(2)9-11/h3-5,7-9H,1,6H2,2H3,(H,14,18). The van der Waals surface area contributed by atoms with E-state index in [2.05, 4.69) is 22.0 Å². The van der Waals surface area contributed by atoms with Crippen LogP contribution in [0.1, 0.15) is 10.4 Å². The molecule has 0 aromatic carbocycles. The molecule has 0 aliphatic rings. The summed E-state index contributed by atoms with van der Waals surface area (Å²) in [5.74, 6) is -0.153. The molecule has 0 spiro atoms. The molecule has 0 atom stereocenters. The fourth-order valence-electron chi connectivity index (χ4n) is 1.52. The lowest BCUT2D eigenvalue weighted by molar-refractivity contribution is 0.0957. The summed E-state index contributed by atoms with van der Waals surface area (Å²) in [6.45, 7) is 3.99. The maximum atomic E-state index is 11.6. The molecule has 0 aliphatic carbocycles. The minimum absolute atomic E-state index is 0.153. The first-order valence-corrected chi connectivity index (χ1v) is 5.55. The van der Waals surface area contributed by atoms with Crippen molar-refractivity contribution in [2.24, 2.45) is 7.05 Å². The number of aromatic nitrogens is 3. The second-order valence-corrected chi connectivity index (χ2v) is 3.83. The molecule has 0 fully saturated rings. The van der Waals surface area contributed by atoms with Crippen molar-refractivity contribution in [3.63, 3.8) is 0 Å². The maximum absolute atomic E-state index is 11.6. The third kappa shape index (κ3) is 2.63. The van der Waals surface area contributed by atoms with Crippen LogP contribution in [0.4, 0.5) is 0 Å². The van der Waals surface area contributed by atoms with Crippen molar-refractivity contribution >= 4 is 5.91 Å². The molecule has 5 nitrogen and oxygen atoms in total.